The first kappa shape index (κ1) is 16.1. The topological polar surface area (TPSA) is 75.3 Å². The maximum atomic E-state index is 13.2. The molecule has 0 aliphatic carbocycles. The van der Waals surface area contributed by atoms with Crippen molar-refractivity contribution in [3.63, 3.8) is 0 Å². The van der Waals surface area contributed by atoms with Gasteiger partial charge in [-0.3, -0.25) is 4.79 Å². The summed E-state index contributed by atoms with van der Waals surface area (Å²) in [5.41, 5.74) is 0.140. The van der Waals surface area contributed by atoms with E-state index in [9.17, 15) is 17.6 Å². The molecule has 0 spiro atoms. The lowest BCUT2D eigenvalue weighted by molar-refractivity contribution is 0.0955. The van der Waals surface area contributed by atoms with Gasteiger partial charge in [-0.05, 0) is 34.1 Å². The van der Waals surface area contributed by atoms with Gasteiger partial charge in [0.2, 0.25) is 10.0 Å². The van der Waals surface area contributed by atoms with Crippen molar-refractivity contribution < 1.29 is 17.6 Å². The van der Waals surface area contributed by atoms with Crippen LogP contribution in [0.3, 0.4) is 0 Å². The van der Waals surface area contributed by atoms with Crippen molar-refractivity contribution in [2.24, 2.45) is 0 Å². The van der Waals surface area contributed by atoms with Crippen molar-refractivity contribution in [3.05, 3.63) is 34.1 Å². The maximum Gasteiger partial charge on any atom is 0.251 e. The summed E-state index contributed by atoms with van der Waals surface area (Å²) in [6, 6.07) is 3.94. The second kappa shape index (κ2) is 6.97. The van der Waals surface area contributed by atoms with Crippen LogP contribution in [0, 0.1) is 5.82 Å². The molecule has 2 N–H and O–H groups in total. The fourth-order valence-electron chi connectivity index (χ4n) is 1.33. The summed E-state index contributed by atoms with van der Waals surface area (Å²) in [7, 11) is -3.37. The third-order valence-electron chi connectivity index (χ3n) is 2.20. The summed E-state index contributed by atoms with van der Waals surface area (Å²) in [5.74, 6) is -1.28. The Balaban J connectivity index is 2.54. The van der Waals surface area contributed by atoms with Gasteiger partial charge in [0, 0.05) is 18.7 Å². The van der Waals surface area contributed by atoms with E-state index in [0.717, 1.165) is 6.07 Å². The van der Waals surface area contributed by atoms with Crippen molar-refractivity contribution in [3.8, 4) is 0 Å². The summed E-state index contributed by atoms with van der Waals surface area (Å²) >= 11 is 2.98. The highest BCUT2D eigenvalue weighted by molar-refractivity contribution is 9.10. The molecule has 0 saturated heterocycles. The van der Waals surface area contributed by atoms with Gasteiger partial charge in [0.15, 0.2) is 0 Å². The number of amides is 1. The Labute approximate surface area is 119 Å². The number of carbonyl (C=O) groups excluding carboxylic acids is 1. The van der Waals surface area contributed by atoms with Crippen LogP contribution in [0.15, 0.2) is 22.7 Å². The predicted octanol–water partition coefficient (Wildman–Crippen LogP) is 1.26. The summed E-state index contributed by atoms with van der Waals surface area (Å²) in [4.78, 5) is 11.6. The van der Waals surface area contributed by atoms with Gasteiger partial charge < -0.3 is 5.32 Å². The summed E-state index contributed by atoms with van der Waals surface area (Å²) in [5, 5.41) is 2.42. The quantitative estimate of drug-likeness (QED) is 0.809. The van der Waals surface area contributed by atoms with E-state index in [-0.39, 0.29) is 22.3 Å². The fourth-order valence-corrected chi connectivity index (χ4v) is 2.53. The van der Waals surface area contributed by atoms with Crippen LogP contribution in [-0.2, 0) is 10.0 Å². The van der Waals surface area contributed by atoms with Crippen molar-refractivity contribution >= 4 is 31.9 Å². The number of halogens is 2. The molecule has 0 bridgehead atoms. The molecule has 106 valence electrons. The normalized spacial score (nSPS) is 11.3. The van der Waals surface area contributed by atoms with E-state index in [1.165, 1.54) is 12.1 Å². The predicted molar refractivity (Wildman–Crippen MR) is 73.9 cm³/mol. The van der Waals surface area contributed by atoms with Gasteiger partial charge in [-0.2, -0.15) is 0 Å². The highest BCUT2D eigenvalue weighted by atomic mass is 79.9. The van der Waals surface area contributed by atoms with Crippen LogP contribution in [-0.4, -0.2) is 33.2 Å². The molecule has 0 atom stereocenters. The van der Waals surface area contributed by atoms with E-state index in [4.69, 9.17) is 0 Å². The van der Waals surface area contributed by atoms with E-state index in [1.54, 1.807) is 6.92 Å². The Morgan fingerprint density at radius 2 is 2.11 bits per heavy atom. The van der Waals surface area contributed by atoms with Gasteiger partial charge in [0.1, 0.15) is 5.82 Å². The summed E-state index contributed by atoms with van der Waals surface area (Å²) in [6.45, 7) is 1.93. The first-order valence-corrected chi connectivity index (χ1v) is 8.01. The third-order valence-corrected chi connectivity index (χ3v) is 4.32. The van der Waals surface area contributed by atoms with E-state index >= 15 is 0 Å². The number of sulfonamides is 1. The highest BCUT2D eigenvalue weighted by Crippen LogP contribution is 2.16. The molecule has 1 rings (SSSR count). The van der Waals surface area contributed by atoms with Crippen LogP contribution in [0.2, 0.25) is 0 Å². The van der Waals surface area contributed by atoms with E-state index < -0.39 is 21.7 Å². The molecule has 0 fully saturated rings. The molecular formula is C11H14BrFN2O3S. The van der Waals surface area contributed by atoms with Crippen molar-refractivity contribution in [1.82, 2.24) is 10.0 Å². The zero-order valence-corrected chi connectivity index (χ0v) is 12.6. The molecule has 5 nitrogen and oxygen atoms in total. The molecule has 1 aromatic rings. The first-order valence-electron chi connectivity index (χ1n) is 5.56. The number of hydrogen-bond donors (Lipinski definition) is 2. The largest absolute Gasteiger partial charge is 0.351 e. The van der Waals surface area contributed by atoms with Crippen LogP contribution in [0.1, 0.15) is 17.3 Å². The minimum atomic E-state index is -3.37. The molecule has 0 saturated carbocycles. The fraction of sp³-hybridized carbons (Fsp3) is 0.364. The summed E-state index contributed by atoms with van der Waals surface area (Å²) < 4.78 is 38.4. The molecule has 0 aliphatic heterocycles. The summed E-state index contributed by atoms with van der Waals surface area (Å²) in [6.07, 6.45) is 0. The van der Waals surface area contributed by atoms with Gasteiger partial charge >= 0.3 is 0 Å². The van der Waals surface area contributed by atoms with Gasteiger partial charge in [-0.1, -0.05) is 6.92 Å². The molecule has 0 radical (unpaired) electrons. The van der Waals surface area contributed by atoms with Crippen LogP contribution in [0.5, 0.6) is 0 Å². The zero-order chi connectivity index (χ0) is 14.5. The average molecular weight is 353 g/mol. The molecule has 8 heteroatoms. The molecule has 0 aliphatic rings. The van der Waals surface area contributed by atoms with Crippen LogP contribution >= 0.6 is 15.9 Å². The lowest BCUT2D eigenvalue weighted by atomic mass is 10.2. The van der Waals surface area contributed by atoms with E-state index in [2.05, 4.69) is 26.0 Å². The Morgan fingerprint density at radius 3 is 2.68 bits per heavy atom. The molecule has 0 unspecified atom stereocenters. The minimum Gasteiger partial charge on any atom is -0.351 e. The SMILES string of the molecule is CCNS(=O)(=O)CCNC(=O)c1ccc(Br)c(F)c1. The smallest absolute Gasteiger partial charge is 0.251 e. The maximum absolute atomic E-state index is 13.2. The number of nitrogens with one attached hydrogen (secondary N) is 2. The Morgan fingerprint density at radius 1 is 1.42 bits per heavy atom. The molecule has 1 amide bonds. The average Bonchev–Trinajstić information content (AvgIpc) is 2.32. The van der Waals surface area contributed by atoms with Gasteiger partial charge in [0.05, 0.1) is 10.2 Å². The minimum absolute atomic E-state index is 0.0359. The highest BCUT2D eigenvalue weighted by Gasteiger charge is 2.11. The zero-order valence-electron chi connectivity index (χ0n) is 10.2. The van der Waals surface area contributed by atoms with Crippen LogP contribution in [0.25, 0.3) is 0 Å². The van der Waals surface area contributed by atoms with Crippen molar-refractivity contribution in [1.29, 1.82) is 0 Å². The van der Waals surface area contributed by atoms with Crippen LogP contribution < -0.4 is 10.0 Å². The second-order valence-electron chi connectivity index (χ2n) is 3.70. The molecule has 19 heavy (non-hydrogen) atoms. The Bertz CT molecular complexity index is 563. The first-order chi connectivity index (χ1) is 8.85. The Hall–Kier alpha value is -0.990. The molecule has 1 aromatic carbocycles. The van der Waals surface area contributed by atoms with Crippen molar-refractivity contribution in [2.45, 2.75) is 6.92 Å². The second-order valence-corrected chi connectivity index (χ2v) is 6.48. The molecule has 0 aromatic heterocycles. The Kier molecular flexibility index (Phi) is 5.89. The number of rotatable bonds is 6. The van der Waals surface area contributed by atoms with Crippen molar-refractivity contribution in [2.75, 3.05) is 18.8 Å². The number of carbonyl (C=O) groups is 1. The van der Waals surface area contributed by atoms with Gasteiger partial charge in [-0.15, -0.1) is 0 Å². The van der Waals surface area contributed by atoms with Gasteiger partial charge in [-0.25, -0.2) is 17.5 Å². The van der Waals surface area contributed by atoms with Crippen LogP contribution in [0.4, 0.5) is 4.39 Å². The molecule has 0 heterocycles. The molecular weight excluding hydrogens is 339 g/mol. The van der Waals surface area contributed by atoms with E-state index in [0.29, 0.717) is 6.54 Å². The lowest BCUT2D eigenvalue weighted by Crippen LogP contribution is -2.34. The number of benzene rings is 1. The van der Waals surface area contributed by atoms with Gasteiger partial charge in [0.25, 0.3) is 5.91 Å². The monoisotopic (exact) mass is 352 g/mol. The van der Waals surface area contributed by atoms with E-state index in [1.807, 2.05) is 0 Å². The lowest BCUT2D eigenvalue weighted by Gasteiger charge is -2.07. The number of hydrogen-bond acceptors (Lipinski definition) is 3. The standard InChI is InChI=1S/C11H14BrFN2O3S/c1-2-15-19(17,18)6-5-14-11(16)8-3-4-9(12)10(13)7-8/h3-4,7,15H,2,5-6H2,1H3,(H,14,16). The third kappa shape index (κ3) is 5.25.